The SMILES string of the molecule is Cc1ncc(S(=O)(=O)NC(C(N)=S)C(C)C)[nH]1. The number of aromatic nitrogens is 2. The molecule has 17 heavy (non-hydrogen) atoms. The van der Waals surface area contributed by atoms with Crippen molar-refractivity contribution in [2.45, 2.75) is 31.8 Å². The zero-order chi connectivity index (χ0) is 13.2. The maximum absolute atomic E-state index is 12.0. The van der Waals surface area contributed by atoms with Crippen LogP contribution in [-0.2, 0) is 10.0 Å². The van der Waals surface area contributed by atoms with Gasteiger partial charge in [-0.15, -0.1) is 0 Å². The Kier molecular flexibility index (Phi) is 4.23. The van der Waals surface area contributed by atoms with Crippen molar-refractivity contribution in [2.24, 2.45) is 11.7 Å². The molecule has 0 saturated heterocycles. The normalized spacial score (nSPS) is 13.9. The van der Waals surface area contributed by atoms with Gasteiger partial charge in [-0.05, 0) is 12.8 Å². The van der Waals surface area contributed by atoms with E-state index in [0.717, 1.165) is 0 Å². The van der Waals surface area contributed by atoms with Gasteiger partial charge in [-0.2, -0.15) is 4.72 Å². The second-order valence-corrected chi connectivity index (χ2v) is 6.23. The van der Waals surface area contributed by atoms with Crippen molar-refractivity contribution in [3.63, 3.8) is 0 Å². The van der Waals surface area contributed by atoms with Crippen LogP contribution in [0.3, 0.4) is 0 Å². The molecule has 0 amide bonds. The molecular weight excluding hydrogens is 260 g/mol. The molecule has 1 aromatic heterocycles. The Morgan fingerprint density at radius 3 is 2.53 bits per heavy atom. The van der Waals surface area contributed by atoms with Crippen molar-refractivity contribution in [1.29, 1.82) is 0 Å². The first-order chi connectivity index (χ1) is 7.74. The van der Waals surface area contributed by atoms with E-state index >= 15 is 0 Å². The number of rotatable bonds is 5. The molecule has 0 radical (unpaired) electrons. The van der Waals surface area contributed by atoms with Gasteiger partial charge in [0, 0.05) is 0 Å². The lowest BCUT2D eigenvalue weighted by Gasteiger charge is -2.20. The summed E-state index contributed by atoms with van der Waals surface area (Å²) >= 11 is 4.84. The van der Waals surface area contributed by atoms with E-state index in [9.17, 15) is 8.42 Å². The summed E-state index contributed by atoms with van der Waals surface area (Å²) in [7, 11) is -3.66. The minimum absolute atomic E-state index is 0.0110. The zero-order valence-corrected chi connectivity index (χ0v) is 11.5. The fourth-order valence-corrected chi connectivity index (χ4v) is 3.03. The predicted molar refractivity (Wildman–Crippen MR) is 69.1 cm³/mol. The number of nitrogens with zero attached hydrogens (tertiary/aromatic N) is 1. The molecule has 1 heterocycles. The van der Waals surface area contributed by atoms with Crippen LogP contribution in [0, 0.1) is 12.8 Å². The first-order valence-corrected chi connectivity index (χ1v) is 6.96. The van der Waals surface area contributed by atoms with Gasteiger partial charge in [0.25, 0.3) is 10.0 Å². The molecule has 1 unspecified atom stereocenters. The van der Waals surface area contributed by atoms with Crippen molar-refractivity contribution >= 4 is 27.2 Å². The van der Waals surface area contributed by atoms with Crippen molar-refractivity contribution in [3.8, 4) is 0 Å². The molecule has 0 aliphatic rings. The molecule has 1 aromatic rings. The van der Waals surface area contributed by atoms with Crippen LogP contribution < -0.4 is 10.5 Å². The van der Waals surface area contributed by atoms with Crippen LogP contribution in [0.2, 0.25) is 0 Å². The van der Waals surface area contributed by atoms with E-state index in [1.165, 1.54) is 6.20 Å². The summed E-state index contributed by atoms with van der Waals surface area (Å²) in [5, 5.41) is 0.0110. The Balaban J connectivity index is 2.97. The van der Waals surface area contributed by atoms with Crippen molar-refractivity contribution < 1.29 is 8.42 Å². The smallest absolute Gasteiger partial charge is 0.258 e. The van der Waals surface area contributed by atoms with Gasteiger partial charge in [-0.25, -0.2) is 13.4 Å². The summed E-state index contributed by atoms with van der Waals surface area (Å²) in [6.07, 6.45) is 1.26. The third-order valence-corrected chi connectivity index (χ3v) is 3.83. The molecule has 0 aliphatic heterocycles. The van der Waals surface area contributed by atoms with Crippen LogP contribution in [0.25, 0.3) is 0 Å². The fraction of sp³-hybridized carbons (Fsp3) is 0.556. The maximum atomic E-state index is 12.0. The van der Waals surface area contributed by atoms with E-state index in [-0.39, 0.29) is 15.9 Å². The third kappa shape index (κ3) is 3.48. The lowest BCUT2D eigenvalue weighted by molar-refractivity contribution is 0.524. The van der Waals surface area contributed by atoms with E-state index in [2.05, 4.69) is 14.7 Å². The predicted octanol–water partition coefficient (Wildman–Crippen LogP) is 0.307. The summed E-state index contributed by atoms with van der Waals surface area (Å²) in [5.41, 5.74) is 5.51. The average molecular weight is 276 g/mol. The average Bonchev–Trinajstić information content (AvgIpc) is 2.61. The number of thiocarbonyl (C=S) groups is 1. The Hall–Kier alpha value is -0.990. The van der Waals surface area contributed by atoms with Gasteiger partial charge in [0.15, 0.2) is 5.03 Å². The lowest BCUT2D eigenvalue weighted by atomic mass is 10.1. The molecule has 6 nitrogen and oxygen atoms in total. The van der Waals surface area contributed by atoms with Crippen LogP contribution in [0.1, 0.15) is 19.7 Å². The molecular formula is C9H16N4O2S2. The summed E-state index contributed by atoms with van der Waals surface area (Å²) in [4.78, 5) is 6.62. The fourth-order valence-electron chi connectivity index (χ4n) is 1.29. The summed E-state index contributed by atoms with van der Waals surface area (Å²) in [6, 6.07) is -0.571. The van der Waals surface area contributed by atoms with Crippen molar-refractivity contribution in [3.05, 3.63) is 12.0 Å². The number of hydrogen-bond acceptors (Lipinski definition) is 4. The number of H-pyrrole nitrogens is 1. The molecule has 96 valence electrons. The van der Waals surface area contributed by atoms with Gasteiger partial charge >= 0.3 is 0 Å². The second kappa shape index (κ2) is 5.11. The van der Waals surface area contributed by atoms with Crippen LogP contribution in [0.5, 0.6) is 0 Å². The van der Waals surface area contributed by atoms with Crippen molar-refractivity contribution in [1.82, 2.24) is 14.7 Å². The number of nitrogens with one attached hydrogen (secondary N) is 2. The number of nitrogens with two attached hydrogens (primary N) is 1. The van der Waals surface area contributed by atoms with E-state index in [4.69, 9.17) is 18.0 Å². The minimum Gasteiger partial charge on any atom is -0.392 e. The molecule has 0 bridgehead atoms. The van der Waals surface area contributed by atoms with Crippen LogP contribution in [0.4, 0.5) is 0 Å². The molecule has 0 spiro atoms. The number of hydrogen-bond donors (Lipinski definition) is 3. The van der Waals surface area contributed by atoms with Crippen LogP contribution in [0.15, 0.2) is 11.2 Å². The third-order valence-electron chi connectivity index (χ3n) is 2.22. The number of aromatic amines is 1. The molecule has 1 rings (SSSR count). The monoisotopic (exact) mass is 276 g/mol. The number of aryl methyl sites for hydroxylation is 1. The van der Waals surface area contributed by atoms with Gasteiger partial charge in [0.05, 0.1) is 17.2 Å². The summed E-state index contributed by atoms with van der Waals surface area (Å²) < 4.78 is 26.4. The number of imidazole rings is 1. The maximum Gasteiger partial charge on any atom is 0.258 e. The first kappa shape index (κ1) is 14.1. The van der Waals surface area contributed by atoms with Gasteiger partial charge in [-0.1, -0.05) is 26.1 Å². The highest BCUT2D eigenvalue weighted by atomic mass is 32.2. The molecule has 0 aliphatic carbocycles. The Labute approximate surface area is 106 Å². The number of sulfonamides is 1. The molecule has 8 heteroatoms. The minimum atomic E-state index is -3.66. The molecule has 4 N–H and O–H groups in total. The topological polar surface area (TPSA) is 101 Å². The summed E-state index contributed by atoms with van der Waals surface area (Å²) in [5.74, 6) is 0.507. The molecule has 1 atom stereocenters. The van der Waals surface area contributed by atoms with Crippen molar-refractivity contribution in [2.75, 3.05) is 0 Å². The highest BCUT2D eigenvalue weighted by molar-refractivity contribution is 7.89. The van der Waals surface area contributed by atoms with Crippen LogP contribution in [-0.4, -0.2) is 29.4 Å². The van der Waals surface area contributed by atoms with E-state index in [1.54, 1.807) is 6.92 Å². The van der Waals surface area contributed by atoms with Gasteiger partial charge < -0.3 is 10.7 Å². The van der Waals surface area contributed by atoms with Gasteiger partial charge in [-0.3, -0.25) is 0 Å². The highest BCUT2D eigenvalue weighted by Crippen LogP contribution is 2.09. The van der Waals surface area contributed by atoms with Gasteiger partial charge in [0.1, 0.15) is 5.82 Å². The first-order valence-electron chi connectivity index (χ1n) is 5.07. The summed E-state index contributed by atoms with van der Waals surface area (Å²) in [6.45, 7) is 5.35. The highest BCUT2D eigenvalue weighted by Gasteiger charge is 2.25. The molecule has 0 saturated carbocycles. The van der Waals surface area contributed by atoms with Crippen LogP contribution >= 0.6 is 12.2 Å². The van der Waals surface area contributed by atoms with Gasteiger partial charge in [0.2, 0.25) is 0 Å². The second-order valence-electron chi connectivity index (χ2n) is 4.08. The standard InChI is InChI=1S/C9H16N4O2S2/c1-5(2)8(9(10)16)13-17(14,15)7-4-11-6(3)12-7/h4-5,8,13H,1-3H3,(H2,10,16)(H,11,12). The lowest BCUT2D eigenvalue weighted by Crippen LogP contribution is -2.46. The molecule has 0 fully saturated rings. The Morgan fingerprint density at radius 1 is 1.59 bits per heavy atom. The zero-order valence-electron chi connectivity index (χ0n) is 9.89. The van der Waals surface area contributed by atoms with E-state index < -0.39 is 16.1 Å². The largest absolute Gasteiger partial charge is 0.392 e. The quantitative estimate of drug-likeness (QED) is 0.672. The Bertz CT molecular complexity index is 507. The molecule has 0 aromatic carbocycles. The van der Waals surface area contributed by atoms with E-state index in [0.29, 0.717) is 5.82 Å². The van der Waals surface area contributed by atoms with E-state index in [1.807, 2.05) is 13.8 Å². The Morgan fingerprint density at radius 2 is 2.18 bits per heavy atom.